The van der Waals surface area contributed by atoms with E-state index in [9.17, 15) is 13.6 Å². The Hall–Kier alpha value is -2.36. The summed E-state index contributed by atoms with van der Waals surface area (Å²) in [6.45, 7) is 1.66. The number of thioether (sulfide) groups is 1. The van der Waals surface area contributed by atoms with Crippen molar-refractivity contribution >= 4 is 46.6 Å². The first kappa shape index (κ1) is 22.3. The summed E-state index contributed by atoms with van der Waals surface area (Å²) in [5, 5.41) is 12.0. The molecule has 0 spiro atoms. The summed E-state index contributed by atoms with van der Waals surface area (Å²) in [5.41, 5.74) is 0.525. The highest BCUT2D eigenvalue weighted by atomic mass is 35.5. The molecular weight excluding hydrogens is 457 g/mol. The Kier molecular flexibility index (Phi) is 7.17. The van der Waals surface area contributed by atoms with Crippen molar-refractivity contribution in [2.24, 2.45) is 7.05 Å². The largest absolute Gasteiger partial charge is 0.480 e. The van der Waals surface area contributed by atoms with Crippen LogP contribution < -0.4 is 10.1 Å². The van der Waals surface area contributed by atoms with Gasteiger partial charge in [0.1, 0.15) is 5.82 Å². The maximum Gasteiger partial charge on any atom is 0.234 e. The molecule has 1 aromatic heterocycles. The van der Waals surface area contributed by atoms with Crippen molar-refractivity contribution in [3.05, 3.63) is 63.9 Å². The summed E-state index contributed by atoms with van der Waals surface area (Å²) in [6, 6.07) is 7.85. The van der Waals surface area contributed by atoms with Gasteiger partial charge >= 0.3 is 0 Å². The van der Waals surface area contributed by atoms with E-state index in [-0.39, 0.29) is 17.4 Å². The van der Waals surface area contributed by atoms with Gasteiger partial charge in [-0.1, -0.05) is 35.0 Å². The van der Waals surface area contributed by atoms with Crippen LogP contribution in [0.25, 0.3) is 0 Å². The molecule has 30 heavy (non-hydrogen) atoms. The minimum Gasteiger partial charge on any atom is -0.480 e. The zero-order valence-electron chi connectivity index (χ0n) is 15.8. The van der Waals surface area contributed by atoms with Crippen molar-refractivity contribution in [1.29, 1.82) is 0 Å². The quantitative estimate of drug-likeness (QED) is 0.474. The summed E-state index contributed by atoms with van der Waals surface area (Å²) in [7, 11) is 1.70. The van der Waals surface area contributed by atoms with E-state index in [4.69, 9.17) is 27.9 Å². The standard InChI is InChI=1S/C19H16Cl2F2N4O2S/c1-10(29-16-6-3-11(22)7-15(16)23)18-25-26-19(27(18)2)30-9-17(28)24-12-4-5-13(20)14(21)8-12/h3-8,10H,9H2,1-2H3,(H,24,28). The minimum absolute atomic E-state index is 0.0774. The molecule has 3 rings (SSSR count). The molecule has 0 aliphatic carbocycles. The van der Waals surface area contributed by atoms with E-state index >= 15 is 0 Å². The third-order valence-corrected chi connectivity index (χ3v) is 5.72. The Morgan fingerprint density at radius 1 is 1.20 bits per heavy atom. The molecule has 0 saturated heterocycles. The van der Waals surface area contributed by atoms with E-state index < -0.39 is 17.7 Å². The van der Waals surface area contributed by atoms with Gasteiger partial charge < -0.3 is 14.6 Å². The first-order valence-electron chi connectivity index (χ1n) is 8.63. The maximum absolute atomic E-state index is 13.8. The first-order chi connectivity index (χ1) is 14.2. The van der Waals surface area contributed by atoms with E-state index in [1.807, 2.05) is 0 Å². The van der Waals surface area contributed by atoms with Crippen molar-refractivity contribution in [3.8, 4) is 5.75 Å². The number of anilines is 1. The third kappa shape index (κ3) is 5.41. The number of halogens is 4. The van der Waals surface area contributed by atoms with Gasteiger partial charge in [-0.15, -0.1) is 10.2 Å². The fraction of sp³-hybridized carbons (Fsp3) is 0.211. The summed E-state index contributed by atoms with van der Waals surface area (Å²) in [6.07, 6.45) is -0.651. The molecule has 0 fully saturated rings. The maximum atomic E-state index is 13.8. The van der Waals surface area contributed by atoms with Crippen LogP contribution in [0.3, 0.4) is 0 Å². The van der Waals surface area contributed by atoms with Crippen LogP contribution in [0.1, 0.15) is 18.9 Å². The van der Waals surface area contributed by atoms with Gasteiger partial charge in [-0.05, 0) is 37.3 Å². The van der Waals surface area contributed by atoms with Gasteiger partial charge in [0.25, 0.3) is 0 Å². The van der Waals surface area contributed by atoms with Gasteiger partial charge in [0.15, 0.2) is 28.7 Å². The highest BCUT2D eigenvalue weighted by Crippen LogP contribution is 2.27. The van der Waals surface area contributed by atoms with E-state index in [0.717, 1.165) is 12.1 Å². The van der Waals surface area contributed by atoms with Crippen LogP contribution in [0.5, 0.6) is 5.75 Å². The Balaban J connectivity index is 1.60. The molecule has 1 atom stereocenters. The number of nitrogens with zero attached hydrogens (tertiary/aromatic N) is 3. The lowest BCUT2D eigenvalue weighted by Gasteiger charge is -2.14. The number of benzene rings is 2. The van der Waals surface area contributed by atoms with E-state index in [2.05, 4.69) is 15.5 Å². The number of carbonyl (C=O) groups excluding carboxylic acids is 1. The molecule has 0 bridgehead atoms. The molecule has 1 unspecified atom stereocenters. The molecular formula is C19H16Cl2F2N4O2S. The lowest BCUT2D eigenvalue weighted by Crippen LogP contribution is -2.15. The fourth-order valence-corrected chi connectivity index (χ4v) is 3.54. The van der Waals surface area contributed by atoms with Gasteiger partial charge in [0, 0.05) is 18.8 Å². The van der Waals surface area contributed by atoms with Gasteiger partial charge in [-0.25, -0.2) is 8.78 Å². The summed E-state index contributed by atoms with van der Waals surface area (Å²) < 4.78 is 34.0. The van der Waals surface area contributed by atoms with Crippen LogP contribution in [-0.2, 0) is 11.8 Å². The Morgan fingerprint density at radius 3 is 2.67 bits per heavy atom. The smallest absolute Gasteiger partial charge is 0.234 e. The van der Waals surface area contributed by atoms with Crippen LogP contribution in [0.2, 0.25) is 10.0 Å². The van der Waals surface area contributed by atoms with Crippen LogP contribution in [0.4, 0.5) is 14.5 Å². The van der Waals surface area contributed by atoms with Gasteiger partial charge in [-0.2, -0.15) is 0 Å². The predicted octanol–water partition coefficient (Wildman–Crippen LogP) is 5.27. The van der Waals surface area contributed by atoms with E-state index in [0.29, 0.717) is 26.7 Å². The number of aromatic nitrogens is 3. The average Bonchev–Trinajstić information content (AvgIpc) is 3.06. The number of carbonyl (C=O) groups is 1. The predicted molar refractivity (Wildman–Crippen MR) is 112 cm³/mol. The van der Waals surface area contributed by atoms with Crippen molar-refractivity contribution in [1.82, 2.24) is 14.8 Å². The summed E-state index contributed by atoms with van der Waals surface area (Å²) in [4.78, 5) is 12.2. The summed E-state index contributed by atoms with van der Waals surface area (Å²) >= 11 is 13.0. The van der Waals surface area contributed by atoms with E-state index in [1.54, 1.807) is 36.7 Å². The van der Waals surface area contributed by atoms with Crippen LogP contribution >= 0.6 is 35.0 Å². The Morgan fingerprint density at radius 2 is 1.97 bits per heavy atom. The Bertz CT molecular complexity index is 1080. The second-order valence-corrected chi connectivity index (χ2v) is 7.96. The Labute approximate surface area is 185 Å². The van der Waals surface area contributed by atoms with Crippen LogP contribution in [0.15, 0.2) is 41.6 Å². The van der Waals surface area contributed by atoms with Crippen molar-refractivity contribution in [2.75, 3.05) is 11.1 Å². The fourth-order valence-electron chi connectivity index (χ4n) is 2.52. The lowest BCUT2D eigenvalue weighted by atomic mass is 10.3. The van der Waals surface area contributed by atoms with Crippen LogP contribution in [-0.4, -0.2) is 26.4 Å². The zero-order valence-corrected chi connectivity index (χ0v) is 18.2. The molecule has 1 N–H and O–H groups in total. The molecule has 0 aliphatic rings. The van der Waals surface area contributed by atoms with Crippen molar-refractivity contribution < 1.29 is 18.3 Å². The van der Waals surface area contributed by atoms with E-state index in [1.165, 1.54) is 17.8 Å². The molecule has 3 aromatic rings. The number of rotatable bonds is 7. The molecule has 0 saturated carbocycles. The average molecular weight is 473 g/mol. The lowest BCUT2D eigenvalue weighted by molar-refractivity contribution is -0.113. The number of hydrogen-bond donors (Lipinski definition) is 1. The minimum atomic E-state index is -0.808. The highest BCUT2D eigenvalue weighted by molar-refractivity contribution is 7.99. The van der Waals surface area contributed by atoms with Gasteiger partial charge in [0.05, 0.1) is 15.8 Å². The normalized spacial score (nSPS) is 11.9. The van der Waals surface area contributed by atoms with Crippen LogP contribution in [0, 0.1) is 11.6 Å². The number of nitrogens with one attached hydrogen (secondary N) is 1. The molecule has 11 heteroatoms. The summed E-state index contributed by atoms with van der Waals surface area (Å²) in [5.74, 6) is -1.36. The zero-order chi connectivity index (χ0) is 21.8. The second-order valence-electron chi connectivity index (χ2n) is 6.20. The van der Waals surface area contributed by atoms with Gasteiger partial charge in [-0.3, -0.25) is 4.79 Å². The molecule has 1 amide bonds. The third-order valence-electron chi connectivity index (χ3n) is 3.97. The van der Waals surface area contributed by atoms with Crippen molar-refractivity contribution in [3.63, 3.8) is 0 Å². The number of amides is 1. The van der Waals surface area contributed by atoms with Gasteiger partial charge in [0.2, 0.25) is 5.91 Å². The SMILES string of the molecule is CC(Oc1ccc(F)cc1F)c1nnc(SCC(=O)Nc2ccc(Cl)c(Cl)c2)n1C. The molecule has 0 radical (unpaired) electrons. The highest BCUT2D eigenvalue weighted by Gasteiger charge is 2.19. The topological polar surface area (TPSA) is 69.0 Å². The number of ether oxygens (including phenoxy) is 1. The second kappa shape index (κ2) is 9.63. The number of hydrogen-bond acceptors (Lipinski definition) is 5. The first-order valence-corrected chi connectivity index (χ1v) is 10.4. The van der Waals surface area contributed by atoms with Crippen molar-refractivity contribution in [2.45, 2.75) is 18.2 Å². The molecule has 158 valence electrons. The molecule has 0 aliphatic heterocycles. The molecule has 1 heterocycles. The monoisotopic (exact) mass is 472 g/mol. The molecule has 2 aromatic carbocycles. The molecule has 6 nitrogen and oxygen atoms in total.